The largest absolute Gasteiger partial charge is 0.496 e. The van der Waals surface area contributed by atoms with Gasteiger partial charge in [0.15, 0.2) is 11.0 Å². The molecule has 0 radical (unpaired) electrons. The molecule has 0 aliphatic heterocycles. The molecule has 1 aromatic carbocycles. The minimum absolute atomic E-state index is 0.117. The Labute approximate surface area is 212 Å². The lowest BCUT2D eigenvalue weighted by atomic mass is 9.95. The average Bonchev–Trinajstić information content (AvgIpc) is 3.43. The normalized spacial score (nSPS) is 12.6. The number of aromatic nitrogens is 3. The number of thiophene rings is 1. The first-order chi connectivity index (χ1) is 17.1. The molecular formula is C25H28N4O4S2. The van der Waals surface area contributed by atoms with Crippen molar-refractivity contribution in [1.82, 2.24) is 14.8 Å². The molecule has 8 nitrogen and oxygen atoms in total. The molecule has 1 aliphatic carbocycles. The number of carbonyl (C=O) groups is 2. The minimum atomic E-state index is -0.373. The van der Waals surface area contributed by atoms with Crippen molar-refractivity contribution in [3.63, 3.8) is 0 Å². The van der Waals surface area contributed by atoms with Crippen LogP contribution in [-0.4, -0.2) is 46.1 Å². The van der Waals surface area contributed by atoms with Crippen LogP contribution in [0.15, 0.2) is 42.1 Å². The Kier molecular flexibility index (Phi) is 8.25. The van der Waals surface area contributed by atoms with Crippen molar-refractivity contribution in [1.29, 1.82) is 0 Å². The molecule has 0 fully saturated rings. The maximum Gasteiger partial charge on any atom is 0.341 e. The Balaban J connectivity index is 1.52. The number of anilines is 1. The third-order valence-corrected chi connectivity index (χ3v) is 7.79. The summed E-state index contributed by atoms with van der Waals surface area (Å²) in [6, 6.07) is 7.58. The number of nitrogens with zero attached hydrogens (tertiary/aromatic N) is 3. The molecule has 1 amide bonds. The van der Waals surface area contributed by atoms with E-state index in [9.17, 15) is 9.59 Å². The molecule has 0 saturated carbocycles. The summed E-state index contributed by atoms with van der Waals surface area (Å²) in [6.07, 6.45) is 5.64. The van der Waals surface area contributed by atoms with Gasteiger partial charge in [0.05, 0.1) is 30.6 Å². The number of thioether (sulfide) groups is 1. The molecule has 0 atom stereocenters. The summed E-state index contributed by atoms with van der Waals surface area (Å²) in [5.41, 5.74) is 2.34. The fraction of sp³-hybridized carbons (Fsp3) is 0.360. The predicted molar refractivity (Wildman–Crippen MR) is 138 cm³/mol. The van der Waals surface area contributed by atoms with Crippen LogP contribution in [0.4, 0.5) is 5.00 Å². The van der Waals surface area contributed by atoms with Gasteiger partial charge in [-0.1, -0.05) is 30.0 Å². The zero-order valence-corrected chi connectivity index (χ0v) is 21.5. The van der Waals surface area contributed by atoms with Gasteiger partial charge in [0.1, 0.15) is 10.8 Å². The van der Waals surface area contributed by atoms with Gasteiger partial charge in [0, 0.05) is 11.4 Å². The molecule has 2 aromatic heterocycles. The highest BCUT2D eigenvalue weighted by molar-refractivity contribution is 7.99. The van der Waals surface area contributed by atoms with Crippen LogP contribution in [0.25, 0.3) is 11.4 Å². The maximum absolute atomic E-state index is 12.9. The summed E-state index contributed by atoms with van der Waals surface area (Å²) < 4.78 is 12.7. The molecule has 4 rings (SSSR count). The van der Waals surface area contributed by atoms with Crippen molar-refractivity contribution < 1.29 is 19.1 Å². The van der Waals surface area contributed by atoms with Gasteiger partial charge >= 0.3 is 5.97 Å². The molecule has 3 aromatic rings. The number of hydrogen-bond donors (Lipinski definition) is 1. The quantitative estimate of drug-likeness (QED) is 0.232. The minimum Gasteiger partial charge on any atom is -0.496 e. The molecule has 1 aliphatic rings. The smallest absolute Gasteiger partial charge is 0.341 e. The average molecular weight is 513 g/mol. The van der Waals surface area contributed by atoms with E-state index in [0.717, 1.165) is 41.7 Å². The summed E-state index contributed by atoms with van der Waals surface area (Å²) in [4.78, 5) is 26.7. The Bertz CT molecular complexity index is 1230. The second-order valence-electron chi connectivity index (χ2n) is 7.88. The van der Waals surface area contributed by atoms with E-state index in [1.54, 1.807) is 20.1 Å². The Morgan fingerprint density at radius 3 is 2.83 bits per heavy atom. The number of rotatable bonds is 10. The maximum atomic E-state index is 12.9. The molecule has 0 unspecified atom stereocenters. The second-order valence-corrected chi connectivity index (χ2v) is 9.93. The van der Waals surface area contributed by atoms with E-state index in [-0.39, 0.29) is 17.6 Å². The number of nitrogens with one attached hydrogen (secondary N) is 1. The monoisotopic (exact) mass is 512 g/mol. The standard InChI is InChI=1S/C25H28N4O4S2/c1-4-14-29-22(16-10-6-8-12-18(16)32-3)27-28-25(29)34-15-20(30)26-23-21(24(31)33-5-2)17-11-7-9-13-19(17)35-23/h4,6,8,10,12H,1,5,7,9,11,13-15H2,2-3H3,(H,26,30). The van der Waals surface area contributed by atoms with Crippen LogP contribution >= 0.6 is 23.1 Å². The number of allylic oxidation sites excluding steroid dienone is 1. The lowest BCUT2D eigenvalue weighted by Crippen LogP contribution is -2.17. The molecular weight excluding hydrogens is 484 g/mol. The fourth-order valence-corrected chi connectivity index (χ4v) is 6.13. The highest BCUT2D eigenvalue weighted by atomic mass is 32.2. The van der Waals surface area contributed by atoms with Crippen molar-refractivity contribution >= 4 is 40.0 Å². The summed E-state index contributed by atoms with van der Waals surface area (Å²) in [7, 11) is 1.61. The van der Waals surface area contributed by atoms with Gasteiger partial charge in [-0.05, 0) is 50.3 Å². The highest BCUT2D eigenvalue weighted by Gasteiger charge is 2.27. The molecule has 0 saturated heterocycles. The zero-order valence-electron chi connectivity index (χ0n) is 19.8. The van der Waals surface area contributed by atoms with E-state index < -0.39 is 0 Å². The van der Waals surface area contributed by atoms with Gasteiger partial charge in [-0.3, -0.25) is 9.36 Å². The first-order valence-electron chi connectivity index (χ1n) is 11.5. The van der Waals surface area contributed by atoms with Crippen LogP contribution in [-0.2, 0) is 28.9 Å². The van der Waals surface area contributed by atoms with Gasteiger partial charge in [0.2, 0.25) is 5.91 Å². The van der Waals surface area contributed by atoms with Crippen molar-refractivity contribution in [2.45, 2.75) is 44.3 Å². The van der Waals surface area contributed by atoms with E-state index in [2.05, 4.69) is 22.1 Å². The number of carbonyl (C=O) groups excluding carboxylic acids is 2. The number of fused-ring (bicyclic) bond motifs is 1. The molecule has 2 heterocycles. The number of methoxy groups -OCH3 is 1. The third-order valence-electron chi connectivity index (χ3n) is 5.61. The van der Waals surface area contributed by atoms with Crippen LogP contribution in [0.2, 0.25) is 0 Å². The van der Waals surface area contributed by atoms with Gasteiger partial charge in [0.25, 0.3) is 0 Å². The van der Waals surface area contributed by atoms with Crippen molar-refractivity contribution in [2.75, 3.05) is 24.8 Å². The van der Waals surface area contributed by atoms with Crippen molar-refractivity contribution in [2.24, 2.45) is 0 Å². The van der Waals surface area contributed by atoms with Crippen LogP contribution in [0.5, 0.6) is 5.75 Å². The molecule has 10 heteroatoms. The zero-order chi connectivity index (χ0) is 24.8. The molecule has 0 bridgehead atoms. The molecule has 184 valence electrons. The van der Waals surface area contributed by atoms with E-state index in [1.807, 2.05) is 28.8 Å². The van der Waals surface area contributed by atoms with E-state index >= 15 is 0 Å². The lowest BCUT2D eigenvalue weighted by molar-refractivity contribution is -0.113. The Morgan fingerprint density at radius 2 is 2.06 bits per heavy atom. The number of benzene rings is 1. The number of para-hydroxylation sites is 1. The van der Waals surface area contributed by atoms with E-state index in [1.165, 1.54) is 23.1 Å². The number of aryl methyl sites for hydroxylation is 1. The van der Waals surface area contributed by atoms with E-state index in [0.29, 0.717) is 40.4 Å². The third kappa shape index (κ3) is 5.43. The van der Waals surface area contributed by atoms with Gasteiger partial charge in [-0.2, -0.15) is 0 Å². The highest BCUT2D eigenvalue weighted by Crippen LogP contribution is 2.39. The van der Waals surface area contributed by atoms with E-state index in [4.69, 9.17) is 9.47 Å². The first kappa shape index (κ1) is 25.0. The summed E-state index contributed by atoms with van der Waals surface area (Å²) in [6.45, 7) is 6.39. The number of ether oxygens (including phenoxy) is 2. The summed E-state index contributed by atoms with van der Waals surface area (Å²) in [5, 5.41) is 12.8. The topological polar surface area (TPSA) is 95.3 Å². The van der Waals surface area contributed by atoms with Gasteiger partial charge < -0.3 is 14.8 Å². The van der Waals surface area contributed by atoms with Crippen LogP contribution < -0.4 is 10.1 Å². The lowest BCUT2D eigenvalue weighted by Gasteiger charge is -2.12. The number of esters is 1. The SMILES string of the molecule is C=CCn1c(SCC(=O)Nc2sc3c(c2C(=O)OCC)CCCC3)nnc1-c1ccccc1OC. The predicted octanol–water partition coefficient (Wildman–Crippen LogP) is 4.99. The molecule has 0 spiro atoms. The fourth-order valence-electron chi connectivity index (χ4n) is 4.08. The summed E-state index contributed by atoms with van der Waals surface area (Å²) in [5.74, 6) is 0.855. The number of amides is 1. The second kappa shape index (κ2) is 11.5. The van der Waals surface area contributed by atoms with Crippen molar-refractivity contribution in [3.05, 3.63) is 52.9 Å². The Morgan fingerprint density at radius 1 is 1.26 bits per heavy atom. The van der Waals surface area contributed by atoms with Crippen LogP contribution in [0.1, 0.15) is 40.6 Å². The summed E-state index contributed by atoms with van der Waals surface area (Å²) >= 11 is 2.76. The molecule has 35 heavy (non-hydrogen) atoms. The van der Waals surface area contributed by atoms with Gasteiger partial charge in [-0.25, -0.2) is 4.79 Å². The van der Waals surface area contributed by atoms with Crippen LogP contribution in [0, 0.1) is 0 Å². The Hall–Kier alpha value is -3.11. The van der Waals surface area contributed by atoms with Crippen molar-refractivity contribution in [3.8, 4) is 17.1 Å². The molecule has 1 N–H and O–H groups in total. The van der Waals surface area contributed by atoms with Gasteiger partial charge in [-0.15, -0.1) is 28.1 Å². The first-order valence-corrected chi connectivity index (χ1v) is 13.3. The number of hydrogen-bond acceptors (Lipinski definition) is 8. The van der Waals surface area contributed by atoms with Crippen LogP contribution in [0.3, 0.4) is 0 Å².